The van der Waals surface area contributed by atoms with Gasteiger partial charge >= 0.3 is 0 Å². The standard InChI is InChI=1S/C11H22N4O3S/c1-4-12-6-5-7-15(3)19(16,17)13-9-11-8-10(2)14-18-11/h8,12-13H,4-7,9H2,1-3H3. The summed E-state index contributed by atoms with van der Waals surface area (Å²) in [5.74, 6) is 0.502. The molecule has 0 atom stereocenters. The van der Waals surface area contributed by atoms with Crippen molar-refractivity contribution in [3.05, 3.63) is 17.5 Å². The van der Waals surface area contributed by atoms with Gasteiger partial charge in [-0.2, -0.15) is 17.4 Å². The van der Waals surface area contributed by atoms with Crippen molar-refractivity contribution >= 4 is 10.2 Å². The van der Waals surface area contributed by atoms with Gasteiger partial charge in [-0.05, 0) is 26.4 Å². The van der Waals surface area contributed by atoms with Crippen LogP contribution in [0.1, 0.15) is 24.8 Å². The van der Waals surface area contributed by atoms with Gasteiger partial charge in [0.1, 0.15) is 0 Å². The third-order valence-electron chi connectivity index (χ3n) is 2.59. The average Bonchev–Trinajstić information content (AvgIpc) is 2.78. The van der Waals surface area contributed by atoms with Crippen molar-refractivity contribution in [2.24, 2.45) is 0 Å². The van der Waals surface area contributed by atoms with Crippen LogP contribution in [0.4, 0.5) is 0 Å². The Hall–Kier alpha value is -0.960. The summed E-state index contributed by atoms with van der Waals surface area (Å²) in [6.07, 6.45) is 0.771. The molecule has 0 spiro atoms. The molecule has 0 saturated heterocycles. The molecule has 0 bridgehead atoms. The third-order valence-corrected chi connectivity index (χ3v) is 4.10. The number of nitrogens with zero attached hydrogens (tertiary/aromatic N) is 2. The average molecular weight is 290 g/mol. The molecule has 1 aromatic heterocycles. The van der Waals surface area contributed by atoms with Crippen molar-refractivity contribution < 1.29 is 12.9 Å². The second-order valence-electron chi connectivity index (χ2n) is 4.29. The zero-order chi connectivity index (χ0) is 14.3. The van der Waals surface area contributed by atoms with E-state index < -0.39 is 10.2 Å². The van der Waals surface area contributed by atoms with E-state index in [0.717, 1.165) is 25.2 Å². The number of aryl methyl sites for hydroxylation is 1. The number of hydrogen-bond acceptors (Lipinski definition) is 5. The minimum absolute atomic E-state index is 0.112. The van der Waals surface area contributed by atoms with Gasteiger partial charge in [-0.3, -0.25) is 0 Å². The Bertz CT molecular complexity index is 472. The van der Waals surface area contributed by atoms with Crippen LogP contribution in [0, 0.1) is 6.92 Å². The lowest BCUT2D eigenvalue weighted by molar-refractivity contribution is 0.373. The first-order valence-electron chi connectivity index (χ1n) is 6.29. The lowest BCUT2D eigenvalue weighted by Gasteiger charge is -2.17. The molecule has 0 aliphatic carbocycles. The van der Waals surface area contributed by atoms with Crippen LogP contribution in [0.2, 0.25) is 0 Å². The Morgan fingerprint density at radius 3 is 2.79 bits per heavy atom. The van der Waals surface area contributed by atoms with Crippen molar-refractivity contribution in [2.45, 2.75) is 26.8 Å². The second-order valence-corrected chi connectivity index (χ2v) is 6.15. The number of aromatic nitrogens is 1. The van der Waals surface area contributed by atoms with Crippen molar-refractivity contribution in [1.29, 1.82) is 0 Å². The molecule has 0 aliphatic heterocycles. The first kappa shape index (κ1) is 16.1. The van der Waals surface area contributed by atoms with Crippen LogP contribution in [0.5, 0.6) is 0 Å². The fourth-order valence-corrected chi connectivity index (χ4v) is 2.41. The number of nitrogens with one attached hydrogen (secondary N) is 2. The van der Waals surface area contributed by atoms with Gasteiger partial charge in [-0.25, -0.2) is 0 Å². The maximum Gasteiger partial charge on any atom is 0.279 e. The van der Waals surface area contributed by atoms with Crippen molar-refractivity contribution in [3.63, 3.8) is 0 Å². The first-order chi connectivity index (χ1) is 8.95. The molecular weight excluding hydrogens is 268 g/mol. The van der Waals surface area contributed by atoms with Crippen LogP contribution in [-0.2, 0) is 16.8 Å². The van der Waals surface area contributed by atoms with Gasteiger partial charge in [-0.15, -0.1) is 0 Å². The van der Waals surface area contributed by atoms with E-state index in [1.54, 1.807) is 20.0 Å². The third kappa shape index (κ3) is 5.68. The molecule has 0 aromatic carbocycles. The van der Waals surface area contributed by atoms with E-state index >= 15 is 0 Å². The lowest BCUT2D eigenvalue weighted by atomic mass is 10.4. The first-order valence-corrected chi connectivity index (χ1v) is 7.73. The molecule has 8 heteroatoms. The van der Waals surface area contributed by atoms with Gasteiger partial charge in [0.25, 0.3) is 10.2 Å². The summed E-state index contributed by atoms with van der Waals surface area (Å²) in [5.41, 5.74) is 0.730. The van der Waals surface area contributed by atoms with Gasteiger partial charge in [-0.1, -0.05) is 12.1 Å². The van der Waals surface area contributed by atoms with Crippen LogP contribution in [-0.4, -0.2) is 44.6 Å². The highest BCUT2D eigenvalue weighted by molar-refractivity contribution is 7.87. The predicted octanol–water partition coefficient (Wildman–Crippen LogP) is 0.249. The minimum Gasteiger partial charge on any atom is -0.360 e. The summed E-state index contributed by atoms with van der Waals surface area (Å²) >= 11 is 0. The number of hydrogen-bond donors (Lipinski definition) is 2. The molecule has 0 aliphatic rings. The Morgan fingerprint density at radius 1 is 1.47 bits per heavy atom. The van der Waals surface area contributed by atoms with Crippen LogP contribution < -0.4 is 10.0 Å². The van der Waals surface area contributed by atoms with Gasteiger partial charge in [0.15, 0.2) is 5.76 Å². The quantitative estimate of drug-likeness (QED) is 0.637. The summed E-state index contributed by atoms with van der Waals surface area (Å²) in [6, 6.07) is 1.70. The smallest absolute Gasteiger partial charge is 0.279 e. The Kier molecular flexibility index (Phi) is 6.43. The molecule has 2 N–H and O–H groups in total. The molecular formula is C11H22N4O3S. The van der Waals surface area contributed by atoms with E-state index in [-0.39, 0.29) is 6.54 Å². The van der Waals surface area contributed by atoms with Crippen LogP contribution in [0.3, 0.4) is 0 Å². The molecule has 7 nitrogen and oxygen atoms in total. The highest BCUT2D eigenvalue weighted by atomic mass is 32.2. The van der Waals surface area contributed by atoms with Crippen LogP contribution >= 0.6 is 0 Å². The largest absolute Gasteiger partial charge is 0.360 e. The monoisotopic (exact) mass is 290 g/mol. The topological polar surface area (TPSA) is 87.5 Å². The fourth-order valence-electron chi connectivity index (χ4n) is 1.50. The van der Waals surface area contributed by atoms with Gasteiger partial charge < -0.3 is 9.84 Å². The predicted molar refractivity (Wildman–Crippen MR) is 72.8 cm³/mol. The number of rotatable bonds is 9. The molecule has 0 amide bonds. The summed E-state index contributed by atoms with van der Waals surface area (Å²) in [6.45, 7) is 6.07. The summed E-state index contributed by atoms with van der Waals surface area (Å²) in [4.78, 5) is 0. The van der Waals surface area contributed by atoms with Crippen molar-refractivity contribution in [3.8, 4) is 0 Å². The molecule has 0 unspecified atom stereocenters. The van der Waals surface area contributed by atoms with E-state index in [1.807, 2.05) is 6.92 Å². The lowest BCUT2D eigenvalue weighted by Crippen LogP contribution is -2.39. The Labute approximate surface area is 114 Å². The highest BCUT2D eigenvalue weighted by Gasteiger charge is 2.17. The van der Waals surface area contributed by atoms with Crippen LogP contribution in [0.25, 0.3) is 0 Å². The zero-order valence-corrected chi connectivity index (χ0v) is 12.5. The summed E-state index contributed by atoms with van der Waals surface area (Å²) in [5, 5.41) is 6.85. The van der Waals surface area contributed by atoms with Gasteiger partial charge in [0.2, 0.25) is 0 Å². The summed E-state index contributed by atoms with van der Waals surface area (Å²) in [7, 11) is -1.91. The maximum absolute atomic E-state index is 11.9. The molecule has 1 heterocycles. The zero-order valence-electron chi connectivity index (χ0n) is 11.6. The van der Waals surface area contributed by atoms with E-state index in [1.165, 1.54) is 4.31 Å². The SMILES string of the molecule is CCNCCCN(C)S(=O)(=O)NCc1cc(C)no1. The van der Waals surface area contributed by atoms with E-state index in [0.29, 0.717) is 12.3 Å². The minimum atomic E-state index is -3.47. The van der Waals surface area contributed by atoms with E-state index in [4.69, 9.17) is 4.52 Å². The molecule has 0 fully saturated rings. The molecule has 110 valence electrons. The van der Waals surface area contributed by atoms with Gasteiger partial charge in [0.05, 0.1) is 12.2 Å². The van der Waals surface area contributed by atoms with Crippen molar-refractivity contribution in [1.82, 2.24) is 19.5 Å². The maximum atomic E-state index is 11.9. The van der Waals surface area contributed by atoms with Crippen molar-refractivity contribution in [2.75, 3.05) is 26.7 Å². The van der Waals surface area contributed by atoms with E-state index in [2.05, 4.69) is 15.2 Å². The molecule has 0 saturated carbocycles. The van der Waals surface area contributed by atoms with E-state index in [9.17, 15) is 8.42 Å². The fraction of sp³-hybridized carbons (Fsp3) is 0.727. The molecule has 19 heavy (non-hydrogen) atoms. The normalized spacial score (nSPS) is 12.2. The van der Waals surface area contributed by atoms with Crippen LogP contribution in [0.15, 0.2) is 10.6 Å². The summed E-state index contributed by atoms with van der Waals surface area (Å²) < 4.78 is 32.5. The Morgan fingerprint density at radius 2 is 2.21 bits per heavy atom. The highest BCUT2D eigenvalue weighted by Crippen LogP contribution is 2.03. The Balaban J connectivity index is 2.37. The van der Waals surface area contributed by atoms with Gasteiger partial charge in [0, 0.05) is 19.7 Å². The molecule has 1 rings (SSSR count). The second kappa shape index (κ2) is 7.59. The molecule has 0 radical (unpaired) electrons. The molecule has 1 aromatic rings.